The van der Waals surface area contributed by atoms with Crippen LogP contribution in [0.2, 0.25) is 0 Å². The highest BCUT2D eigenvalue weighted by atomic mass is 16.5. The Morgan fingerprint density at radius 1 is 1.26 bits per heavy atom. The van der Waals surface area contributed by atoms with E-state index in [1.165, 1.54) is 0 Å². The van der Waals surface area contributed by atoms with Gasteiger partial charge in [0.05, 0.1) is 25.0 Å². The van der Waals surface area contributed by atoms with Crippen molar-refractivity contribution in [1.82, 2.24) is 9.97 Å². The molecule has 0 aromatic carbocycles. The Morgan fingerprint density at radius 3 is 2.47 bits per heavy atom. The van der Waals surface area contributed by atoms with E-state index in [2.05, 4.69) is 9.97 Å². The molecule has 108 valence electrons. The van der Waals surface area contributed by atoms with Crippen LogP contribution in [-0.2, 0) is 11.3 Å². The molecule has 0 spiro atoms. The fraction of sp³-hybridized carbons (Fsp3) is 0.714. The molecule has 5 nitrogen and oxygen atoms in total. The molecule has 1 aromatic heterocycles. The standard InChI is InChI=1S/C14H24N2O3/c1-10(2)13-15-8-12(11(9-17)16-13)18-6-7-19-14(3,4)5/h8,10,17H,6-7,9H2,1-5H3. The van der Waals surface area contributed by atoms with E-state index in [0.717, 1.165) is 0 Å². The topological polar surface area (TPSA) is 64.5 Å². The van der Waals surface area contributed by atoms with Gasteiger partial charge in [0, 0.05) is 5.92 Å². The minimum absolute atomic E-state index is 0.155. The molecule has 0 aliphatic carbocycles. The zero-order valence-electron chi connectivity index (χ0n) is 12.4. The third-order valence-electron chi connectivity index (χ3n) is 2.39. The molecule has 0 saturated carbocycles. The van der Waals surface area contributed by atoms with Crippen molar-refractivity contribution >= 4 is 0 Å². The van der Waals surface area contributed by atoms with Crippen LogP contribution in [0.1, 0.15) is 52.1 Å². The average molecular weight is 268 g/mol. The van der Waals surface area contributed by atoms with Crippen LogP contribution in [-0.4, -0.2) is 33.9 Å². The Bertz CT molecular complexity index is 400. The van der Waals surface area contributed by atoms with Crippen LogP contribution in [0.15, 0.2) is 6.20 Å². The number of hydrogen-bond acceptors (Lipinski definition) is 5. The first-order valence-electron chi connectivity index (χ1n) is 6.57. The Balaban J connectivity index is 2.58. The van der Waals surface area contributed by atoms with Crippen molar-refractivity contribution in [2.75, 3.05) is 13.2 Å². The van der Waals surface area contributed by atoms with E-state index in [0.29, 0.717) is 30.5 Å². The van der Waals surface area contributed by atoms with Gasteiger partial charge in [-0.3, -0.25) is 0 Å². The summed E-state index contributed by atoms with van der Waals surface area (Å²) in [7, 11) is 0. The molecule has 19 heavy (non-hydrogen) atoms. The number of hydrogen-bond donors (Lipinski definition) is 1. The molecule has 1 heterocycles. The fourth-order valence-corrected chi connectivity index (χ4v) is 1.43. The lowest BCUT2D eigenvalue weighted by Crippen LogP contribution is -2.22. The van der Waals surface area contributed by atoms with E-state index in [4.69, 9.17) is 9.47 Å². The summed E-state index contributed by atoms with van der Waals surface area (Å²) < 4.78 is 11.1. The Labute approximate surface area is 115 Å². The van der Waals surface area contributed by atoms with Crippen LogP contribution < -0.4 is 4.74 Å². The zero-order valence-corrected chi connectivity index (χ0v) is 12.4. The summed E-state index contributed by atoms with van der Waals surface area (Å²) in [5.41, 5.74) is 0.343. The molecular formula is C14H24N2O3. The summed E-state index contributed by atoms with van der Waals surface area (Å²) in [6.45, 7) is 10.7. The summed E-state index contributed by atoms with van der Waals surface area (Å²) in [6, 6.07) is 0. The van der Waals surface area contributed by atoms with Gasteiger partial charge in [0.15, 0.2) is 5.75 Å². The van der Waals surface area contributed by atoms with Gasteiger partial charge in [-0.25, -0.2) is 9.97 Å². The van der Waals surface area contributed by atoms with E-state index in [1.54, 1.807) is 6.20 Å². The number of aliphatic hydroxyl groups excluding tert-OH is 1. The number of aromatic nitrogens is 2. The second-order valence-corrected chi connectivity index (χ2v) is 5.66. The highest BCUT2D eigenvalue weighted by Gasteiger charge is 2.12. The quantitative estimate of drug-likeness (QED) is 0.802. The maximum Gasteiger partial charge on any atom is 0.161 e. The summed E-state index contributed by atoms with van der Waals surface area (Å²) in [5, 5.41) is 9.31. The molecule has 1 N–H and O–H groups in total. The van der Waals surface area contributed by atoms with Crippen molar-refractivity contribution < 1.29 is 14.6 Å². The smallest absolute Gasteiger partial charge is 0.161 e. The summed E-state index contributed by atoms with van der Waals surface area (Å²) in [5.74, 6) is 1.45. The molecule has 5 heteroatoms. The number of rotatable bonds is 6. The van der Waals surface area contributed by atoms with Crippen LogP contribution in [0.5, 0.6) is 5.75 Å². The third-order valence-corrected chi connectivity index (χ3v) is 2.39. The van der Waals surface area contributed by atoms with Gasteiger partial charge in [-0.15, -0.1) is 0 Å². The number of ether oxygens (including phenoxy) is 2. The van der Waals surface area contributed by atoms with E-state index in [-0.39, 0.29) is 18.1 Å². The van der Waals surface area contributed by atoms with Crippen LogP contribution in [0.3, 0.4) is 0 Å². The van der Waals surface area contributed by atoms with Gasteiger partial charge in [-0.05, 0) is 20.8 Å². The maximum atomic E-state index is 9.31. The predicted octanol–water partition coefficient (Wildman–Crippen LogP) is 2.29. The van der Waals surface area contributed by atoms with Crippen LogP contribution in [0.25, 0.3) is 0 Å². The molecule has 0 unspecified atom stereocenters. The first kappa shape index (κ1) is 15.9. The molecule has 0 atom stereocenters. The van der Waals surface area contributed by atoms with Crippen molar-refractivity contribution in [2.24, 2.45) is 0 Å². The van der Waals surface area contributed by atoms with Gasteiger partial charge in [-0.2, -0.15) is 0 Å². The Kier molecular flexibility index (Phi) is 5.69. The summed E-state index contributed by atoms with van der Waals surface area (Å²) in [6.07, 6.45) is 1.62. The molecule has 1 aromatic rings. The minimum atomic E-state index is -0.179. The Morgan fingerprint density at radius 2 is 1.95 bits per heavy atom. The maximum absolute atomic E-state index is 9.31. The van der Waals surface area contributed by atoms with Gasteiger partial charge >= 0.3 is 0 Å². The van der Waals surface area contributed by atoms with Crippen molar-refractivity contribution in [1.29, 1.82) is 0 Å². The third kappa shape index (κ3) is 5.53. The molecule has 1 rings (SSSR count). The van der Waals surface area contributed by atoms with Crippen molar-refractivity contribution in [2.45, 2.75) is 52.7 Å². The SMILES string of the molecule is CC(C)c1ncc(OCCOC(C)(C)C)c(CO)n1. The van der Waals surface area contributed by atoms with E-state index in [9.17, 15) is 5.11 Å². The normalized spacial score (nSPS) is 11.9. The molecule has 0 aliphatic heterocycles. The molecule has 0 aliphatic rings. The fourth-order valence-electron chi connectivity index (χ4n) is 1.43. The van der Waals surface area contributed by atoms with Crippen LogP contribution >= 0.6 is 0 Å². The Hall–Kier alpha value is -1.20. The number of aliphatic hydroxyl groups is 1. The lowest BCUT2D eigenvalue weighted by molar-refractivity contribution is -0.0166. The minimum Gasteiger partial charge on any atom is -0.488 e. The highest BCUT2D eigenvalue weighted by molar-refractivity contribution is 5.24. The predicted molar refractivity (Wildman–Crippen MR) is 73.2 cm³/mol. The monoisotopic (exact) mass is 268 g/mol. The van der Waals surface area contributed by atoms with Gasteiger partial charge in [0.2, 0.25) is 0 Å². The highest BCUT2D eigenvalue weighted by Crippen LogP contribution is 2.18. The van der Waals surface area contributed by atoms with Crippen LogP contribution in [0.4, 0.5) is 0 Å². The average Bonchev–Trinajstić information content (AvgIpc) is 2.33. The second kappa shape index (κ2) is 6.82. The van der Waals surface area contributed by atoms with E-state index in [1.807, 2.05) is 34.6 Å². The van der Waals surface area contributed by atoms with E-state index < -0.39 is 0 Å². The first-order valence-corrected chi connectivity index (χ1v) is 6.57. The van der Waals surface area contributed by atoms with E-state index >= 15 is 0 Å². The van der Waals surface area contributed by atoms with Gasteiger partial charge in [-0.1, -0.05) is 13.8 Å². The summed E-state index contributed by atoms with van der Waals surface area (Å²) in [4.78, 5) is 8.52. The largest absolute Gasteiger partial charge is 0.488 e. The number of nitrogens with zero attached hydrogens (tertiary/aromatic N) is 2. The molecule has 0 amide bonds. The molecular weight excluding hydrogens is 244 g/mol. The lowest BCUT2D eigenvalue weighted by Gasteiger charge is -2.19. The molecule has 0 fully saturated rings. The first-order chi connectivity index (χ1) is 8.83. The summed E-state index contributed by atoms with van der Waals surface area (Å²) >= 11 is 0. The molecule has 0 saturated heterocycles. The van der Waals surface area contributed by atoms with Crippen molar-refractivity contribution in [3.63, 3.8) is 0 Å². The van der Waals surface area contributed by atoms with Gasteiger partial charge < -0.3 is 14.6 Å². The van der Waals surface area contributed by atoms with Gasteiger partial charge in [0.1, 0.15) is 18.1 Å². The van der Waals surface area contributed by atoms with Crippen molar-refractivity contribution in [3.05, 3.63) is 17.7 Å². The van der Waals surface area contributed by atoms with Crippen molar-refractivity contribution in [3.8, 4) is 5.75 Å². The lowest BCUT2D eigenvalue weighted by atomic mass is 10.2. The molecule has 0 radical (unpaired) electrons. The zero-order chi connectivity index (χ0) is 14.5. The van der Waals surface area contributed by atoms with Crippen LogP contribution in [0, 0.1) is 0 Å². The molecule has 0 bridgehead atoms. The van der Waals surface area contributed by atoms with Gasteiger partial charge in [0.25, 0.3) is 0 Å². The second-order valence-electron chi connectivity index (χ2n) is 5.66.